The zero-order valence-electron chi connectivity index (χ0n) is 15.4. The largest absolute Gasteiger partial charge is 0.379 e. The number of fused-ring (bicyclic) bond motifs is 1. The van der Waals surface area contributed by atoms with Crippen LogP contribution in [0, 0.1) is 0 Å². The topological polar surface area (TPSA) is 86.6 Å². The van der Waals surface area contributed by atoms with Gasteiger partial charge in [0.1, 0.15) is 6.04 Å². The summed E-state index contributed by atoms with van der Waals surface area (Å²) >= 11 is 0. The average Bonchev–Trinajstić information content (AvgIpc) is 2.66. The lowest BCUT2D eigenvalue weighted by molar-refractivity contribution is -0.135. The summed E-state index contributed by atoms with van der Waals surface area (Å²) in [4.78, 5) is 36.9. The first-order valence-electron chi connectivity index (χ1n) is 9.24. The van der Waals surface area contributed by atoms with Crippen LogP contribution in [0.15, 0.2) is 35.1 Å². The minimum atomic E-state index is -0.713. The van der Waals surface area contributed by atoms with E-state index in [1.165, 1.54) is 4.57 Å². The van der Waals surface area contributed by atoms with E-state index in [-0.39, 0.29) is 24.5 Å². The molecule has 1 unspecified atom stereocenters. The number of nitrogens with zero attached hydrogens (tertiary/aromatic N) is 1. The third kappa shape index (κ3) is 4.43. The lowest BCUT2D eigenvalue weighted by Gasteiger charge is -2.26. The van der Waals surface area contributed by atoms with Crippen molar-refractivity contribution in [2.45, 2.75) is 38.8 Å². The van der Waals surface area contributed by atoms with E-state index >= 15 is 0 Å². The standard InChI is InChI=1S/C20H24N2O5/c1-2-9-26-10-11-27-13-15-12-14-5-3-4-6-16(14)20(25)22(15)17-7-8-18(23)21-19(17)24/h3-6,12,17H,2,7-11,13H2,1H3,(H,21,23,24). The first kappa shape index (κ1) is 19.3. The lowest BCUT2D eigenvalue weighted by Crippen LogP contribution is -2.45. The summed E-state index contributed by atoms with van der Waals surface area (Å²) < 4.78 is 12.5. The molecule has 0 saturated carbocycles. The predicted octanol–water partition coefficient (Wildman–Crippen LogP) is 1.92. The molecule has 1 saturated heterocycles. The second-order valence-electron chi connectivity index (χ2n) is 6.53. The molecule has 1 N–H and O–H groups in total. The number of piperidine rings is 1. The first-order valence-corrected chi connectivity index (χ1v) is 9.24. The molecule has 1 fully saturated rings. The van der Waals surface area contributed by atoms with Crippen molar-refractivity contribution in [3.05, 3.63) is 46.4 Å². The minimum Gasteiger partial charge on any atom is -0.379 e. The molecule has 0 radical (unpaired) electrons. The number of ether oxygens (including phenoxy) is 2. The summed E-state index contributed by atoms with van der Waals surface area (Å²) in [6.45, 7) is 3.78. The third-order valence-corrected chi connectivity index (χ3v) is 4.53. The highest BCUT2D eigenvalue weighted by Crippen LogP contribution is 2.22. The summed E-state index contributed by atoms with van der Waals surface area (Å²) in [5, 5.41) is 3.66. The van der Waals surface area contributed by atoms with Crippen molar-refractivity contribution in [1.29, 1.82) is 0 Å². The van der Waals surface area contributed by atoms with Crippen LogP contribution >= 0.6 is 0 Å². The number of carbonyl (C=O) groups excluding carboxylic acids is 2. The van der Waals surface area contributed by atoms with Crippen molar-refractivity contribution in [3.63, 3.8) is 0 Å². The molecule has 2 heterocycles. The Morgan fingerprint density at radius 1 is 1.11 bits per heavy atom. The number of carbonyl (C=O) groups is 2. The summed E-state index contributed by atoms with van der Waals surface area (Å²) in [6.07, 6.45) is 1.45. The van der Waals surface area contributed by atoms with Gasteiger partial charge in [-0.25, -0.2) is 0 Å². The van der Waals surface area contributed by atoms with Gasteiger partial charge in [0.15, 0.2) is 0 Å². The molecule has 0 bridgehead atoms. The van der Waals surface area contributed by atoms with Crippen LogP contribution < -0.4 is 10.9 Å². The van der Waals surface area contributed by atoms with Crippen LogP contribution in [-0.2, 0) is 25.7 Å². The van der Waals surface area contributed by atoms with E-state index in [1.54, 1.807) is 12.1 Å². The molecule has 1 aromatic carbocycles. The number of aromatic nitrogens is 1. The van der Waals surface area contributed by atoms with Gasteiger partial charge in [0.2, 0.25) is 11.8 Å². The van der Waals surface area contributed by atoms with Gasteiger partial charge in [-0.2, -0.15) is 0 Å². The molecule has 7 heteroatoms. The van der Waals surface area contributed by atoms with E-state index in [0.29, 0.717) is 37.3 Å². The van der Waals surface area contributed by atoms with Crippen LogP contribution in [0.25, 0.3) is 10.8 Å². The van der Waals surface area contributed by atoms with Crippen LogP contribution in [0.4, 0.5) is 0 Å². The molecule has 3 rings (SSSR count). The van der Waals surface area contributed by atoms with E-state index in [1.807, 2.05) is 25.1 Å². The Labute approximate surface area is 157 Å². The molecule has 7 nitrogen and oxygen atoms in total. The van der Waals surface area contributed by atoms with Gasteiger partial charge in [-0.3, -0.25) is 24.3 Å². The van der Waals surface area contributed by atoms with Crippen molar-refractivity contribution in [3.8, 4) is 0 Å². The van der Waals surface area contributed by atoms with Crippen molar-refractivity contribution in [2.75, 3.05) is 19.8 Å². The number of imide groups is 1. The molecular weight excluding hydrogens is 348 g/mol. The minimum absolute atomic E-state index is 0.188. The molecule has 2 amide bonds. The number of hydrogen-bond donors (Lipinski definition) is 1. The molecule has 1 aliphatic heterocycles. The van der Waals surface area contributed by atoms with Gasteiger partial charge < -0.3 is 9.47 Å². The van der Waals surface area contributed by atoms with Crippen molar-refractivity contribution < 1.29 is 19.1 Å². The van der Waals surface area contributed by atoms with E-state index in [2.05, 4.69) is 5.32 Å². The second-order valence-corrected chi connectivity index (χ2v) is 6.53. The number of rotatable bonds is 8. The molecule has 1 aromatic heterocycles. The van der Waals surface area contributed by atoms with Gasteiger partial charge in [0.25, 0.3) is 5.56 Å². The fraction of sp³-hybridized carbons (Fsp3) is 0.450. The van der Waals surface area contributed by atoms with Crippen molar-refractivity contribution in [2.24, 2.45) is 0 Å². The Hall–Kier alpha value is -2.51. The van der Waals surface area contributed by atoms with E-state index < -0.39 is 11.9 Å². The van der Waals surface area contributed by atoms with Crippen LogP contribution in [0.1, 0.15) is 37.9 Å². The average molecular weight is 372 g/mol. The lowest BCUT2D eigenvalue weighted by atomic mass is 10.0. The number of amides is 2. The fourth-order valence-corrected chi connectivity index (χ4v) is 3.25. The highest BCUT2D eigenvalue weighted by atomic mass is 16.5. The molecule has 1 atom stereocenters. The quantitative estimate of drug-likeness (QED) is 0.565. The maximum absolute atomic E-state index is 13.1. The van der Waals surface area contributed by atoms with Gasteiger partial charge in [-0.15, -0.1) is 0 Å². The van der Waals surface area contributed by atoms with Crippen molar-refractivity contribution >= 4 is 22.6 Å². The molecule has 1 aliphatic rings. The van der Waals surface area contributed by atoms with Crippen LogP contribution in [-0.4, -0.2) is 36.2 Å². The van der Waals surface area contributed by atoms with E-state index in [4.69, 9.17) is 9.47 Å². The zero-order valence-corrected chi connectivity index (χ0v) is 15.4. The number of pyridine rings is 1. The molecule has 27 heavy (non-hydrogen) atoms. The normalized spacial score (nSPS) is 17.3. The smallest absolute Gasteiger partial charge is 0.259 e. The summed E-state index contributed by atoms with van der Waals surface area (Å²) in [5.74, 6) is -0.757. The maximum atomic E-state index is 13.1. The van der Waals surface area contributed by atoms with Gasteiger partial charge in [0, 0.05) is 24.1 Å². The van der Waals surface area contributed by atoms with Gasteiger partial charge in [-0.05, 0) is 30.4 Å². The third-order valence-electron chi connectivity index (χ3n) is 4.53. The Balaban J connectivity index is 1.89. The van der Waals surface area contributed by atoms with E-state index in [9.17, 15) is 14.4 Å². The molecule has 0 aliphatic carbocycles. The summed E-state index contributed by atoms with van der Waals surface area (Å²) in [7, 11) is 0. The maximum Gasteiger partial charge on any atom is 0.259 e. The van der Waals surface area contributed by atoms with Gasteiger partial charge in [-0.1, -0.05) is 25.1 Å². The van der Waals surface area contributed by atoms with Gasteiger partial charge >= 0.3 is 0 Å². The van der Waals surface area contributed by atoms with Crippen LogP contribution in [0.2, 0.25) is 0 Å². The van der Waals surface area contributed by atoms with E-state index in [0.717, 1.165) is 11.8 Å². The number of hydrogen-bond acceptors (Lipinski definition) is 5. The SMILES string of the molecule is CCCOCCOCc1cc2ccccc2c(=O)n1C1CCC(=O)NC1=O. The second kappa shape index (κ2) is 8.92. The Morgan fingerprint density at radius 2 is 1.89 bits per heavy atom. The Kier molecular flexibility index (Phi) is 6.36. The van der Waals surface area contributed by atoms with Crippen LogP contribution in [0.5, 0.6) is 0 Å². The fourth-order valence-electron chi connectivity index (χ4n) is 3.25. The predicted molar refractivity (Wildman–Crippen MR) is 100 cm³/mol. The monoisotopic (exact) mass is 372 g/mol. The zero-order chi connectivity index (χ0) is 19.2. The first-order chi connectivity index (χ1) is 13.1. The Bertz CT molecular complexity index is 890. The molecule has 2 aromatic rings. The highest BCUT2D eigenvalue weighted by molar-refractivity contribution is 5.99. The number of benzene rings is 1. The Morgan fingerprint density at radius 3 is 2.67 bits per heavy atom. The van der Waals surface area contributed by atoms with Gasteiger partial charge in [0.05, 0.1) is 19.8 Å². The number of nitrogens with one attached hydrogen (secondary N) is 1. The van der Waals surface area contributed by atoms with Crippen LogP contribution in [0.3, 0.4) is 0 Å². The highest BCUT2D eigenvalue weighted by Gasteiger charge is 2.30. The summed E-state index contributed by atoms with van der Waals surface area (Å²) in [6, 6.07) is 8.41. The van der Waals surface area contributed by atoms with Crippen molar-refractivity contribution in [1.82, 2.24) is 9.88 Å². The molecular formula is C20H24N2O5. The molecule has 0 spiro atoms. The summed E-state index contributed by atoms with van der Waals surface area (Å²) in [5.41, 5.74) is 0.368. The molecule has 144 valence electrons.